The summed E-state index contributed by atoms with van der Waals surface area (Å²) in [4.78, 5) is 11.4. The predicted octanol–water partition coefficient (Wildman–Crippen LogP) is 3.71. The summed E-state index contributed by atoms with van der Waals surface area (Å²) in [5.41, 5.74) is 0. The van der Waals surface area contributed by atoms with E-state index in [-0.39, 0.29) is 5.97 Å². The second kappa shape index (κ2) is 10.4. The number of ether oxygens (including phenoxy) is 2. The van der Waals surface area contributed by atoms with E-state index in [1.807, 2.05) is 0 Å². The number of carbonyl (C=O) groups is 1. The molecule has 0 aromatic rings. The Morgan fingerprint density at radius 2 is 1.56 bits per heavy atom. The van der Waals surface area contributed by atoms with Gasteiger partial charge in [0.05, 0.1) is 6.61 Å². The van der Waals surface area contributed by atoms with Crippen LogP contribution in [-0.4, -0.2) is 25.8 Å². The highest BCUT2D eigenvalue weighted by Crippen LogP contribution is 2.11. The Labute approximate surface area is 111 Å². The molecule has 1 unspecified atom stereocenters. The first kappa shape index (κ1) is 15.5. The summed E-state index contributed by atoms with van der Waals surface area (Å²) >= 11 is 0. The summed E-state index contributed by atoms with van der Waals surface area (Å²) in [7, 11) is 0. The first-order valence-electron chi connectivity index (χ1n) is 7.52. The van der Waals surface area contributed by atoms with Crippen LogP contribution in [0.4, 0.5) is 0 Å². The Hall–Kier alpha value is -0.570. The number of esters is 1. The minimum atomic E-state index is -0.0226. The number of carbonyl (C=O) groups excluding carboxylic acids is 1. The number of cyclic esters (lactones) is 1. The van der Waals surface area contributed by atoms with Crippen LogP contribution in [0.1, 0.15) is 64.7 Å². The Bertz CT molecular complexity index is 216. The van der Waals surface area contributed by atoms with Crippen LogP contribution in [0.3, 0.4) is 0 Å². The summed E-state index contributed by atoms with van der Waals surface area (Å²) in [6.45, 7) is 4.51. The third-order valence-electron chi connectivity index (χ3n) is 3.55. The number of rotatable bonds is 0. The van der Waals surface area contributed by atoms with Crippen LogP contribution in [0.25, 0.3) is 0 Å². The molecule has 18 heavy (non-hydrogen) atoms. The Kier molecular flexibility index (Phi) is 8.92. The maximum Gasteiger partial charge on any atom is 0.305 e. The quantitative estimate of drug-likeness (QED) is 0.620. The maximum atomic E-state index is 11.4. The van der Waals surface area contributed by atoms with E-state index in [2.05, 4.69) is 6.92 Å². The zero-order valence-corrected chi connectivity index (χ0v) is 11.8. The van der Waals surface area contributed by atoms with Crippen molar-refractivity contribution in [1.29, 1.82) is 0 Å². The minimum absolute atomic E-state index is 0.0226. The molecule has 1 fully saturated rings. The molecule has 106 valence electrons. The van der Waals surface area contributed by atoms with Crippen molar-refractivity contribution in [2.75, 3.05) is 19.8 Å². The molecule has 3 nitrogen and oxygen atoms in total. The number of hydrogen-bond acceptors (Lipinski definition) is 3. The van der Waals surface area contributed by atoms with E-state index in [0.29, 0.717) is 18.9 Å². The van der Waals surface area contributed by atoms with Crippen LogP contribution >= 0.6 is 0 Å². The molecule has 0 amide bonds. The lowest BCUT2D eigenvalue weighted by molar-refractivity contribution is -0.144. The molecular formula is C15H28O3. The zero-order chi connectivity index (χ0) is 13.1. The van der Waals surface area contributed by atoms with E-state index in [1.54, 1.807) is 0 Å². The van der Waals surface area contributed by atoms with Crippen molar-refractivity contribution >= 4 is 5.97 Å². The molecule has 1 aliphatic heterocycles. The van der Waals surface area contributed by atoms with Crippen LogP contribution < -0.4 is 0 Å². The van der Waals surface area contributed by atoms with Gasteiger partial charge in [0.15, 0.2) is 0 Å². The van der Waals surface area contributed by atoms with Crippen LogP contribution in [0.2, 0.25) is 0 Å². The number of hydrogen-bond donors (Lipinski definition) is 0. The topological polar surface area (TPSA) is 35.5 Å². The van der Waals surface area contributed by atoms with Crippen molar-refractivity contribution in [1.82, 2.24) is 0 Å². The van der Waals surface area contributed by atoms with Gasteiger partial charge in [-0.25, -0.2) is 0 Å². The molecule has 1 heterocycles. The molecule has 1 atom stereocenters. The monoisotopic (exact) mass is 256 g/mol. The molecule has 1 rings (SSSR count). The highest BCUT2D eigenvalue weighted by Gasteiger charge is 2.06. The second-order valence-electron chi connectivity index (χ2n) is 5.39. The average Bonchev–Trinajstić information content (AvgIpc) is 2.34. The van der Waals surface area contributed by atoms with Crippen molar-refractivity contribution in [3.63, 3.8) is 0 Å². The van der Waals surface area contributed by atoms with Gasteiger partial charge in [-0.05, 0) is 31.6 Å². The van der Waals surface area contributed by atoms with Crippen LogP contribution in [0.15, 0.2) is 0 Å². The van der Waals surface area contributed by atoms with Gasteiger partial charge in [0, 0.05) is 19.6 Å². The van der Waals surface area contributed by atoms with Crippen molar-refractivity contribution in [2.45, 2.75) is 64.7 Å². The maximum absolute atomic E-state index is 11.4. The fourth-order valence-corrected chi connectivity index (χ4v) is 2.16. The summed E-state index contributed by atoms with van der Waals surface area (Å²) in [6, 6.07) is 0. The molecule has 1 aliphatic rings. The van der Waals surface area contributed by atoms with E-state index >= 15 is 0 Å². The highest BCUT2D eigenvalue weighted by molar-refractivity contribution is 5.69. The fraction of sp³-hybridized carbons (Fsp3) is 0.933. The summed E-state index contributed by atoms with van der Waals surface area (Å²) < 4.78 is 10.9. The molecule has 0 radical (unpaired) electrons. The Morgan fingerprint density at radius 1 is 0.889 bits per heavy atom. The highest BCUT2D eigenvalue weighted by atomic mass is 16.5. The Morgan fingerprint density at radius 3 is 2.39 bits per heavy atom. The lowest BCUT2D eigenvalue weighted by Gasteiger charge is -2.12. The first-order valence-corrected chi connectivity index (χ1v) is 7.52. The summed E-state index contributed by atoms with van der Waals surface area (Å²) in [6.07, 6.45) is 9.65. The van der Waals surface area contributed by atoms with Gasteiger partial charge in [-0.2, -0.15) is 0 Å². The zero-order valence-electron chi connectivity index (χ0n) is 11.8. The molecule has 0 bridgehead atoms. The van der Waals surface area contributed by atoms with Crippen molar-refractivity contribution in [3.05, 3.63) is 0 Å². The third-order valence-corrected chi connectivity index (χ3v) is 3.55. The average molecular weight is 256 g/mol. The van der Waals surface area contributed by atoms with Crippen LogP contribution in [-0.2, 0) is 14.3 Å². The normalized spacial score (nSPS) is 26.5. The van der Waals surface area contributed by atoms with Gasteiger partial charge in [-0.1, -0.05) is 32.6 Å². The van der Waals surface area contributed by atoms with Gasteiger partial charge in [0.25, 0.3) is 0 Å². The molecular weight excluding hydrogens is 228 g/mol. The molecule has 3 heteroatoms. The van der Waals surface area contributed by atoms with Crippen LogP contribution in [0.5, 0.6) is 0 Å². The van der Waals surface area contributed by atoms with E-state index in [9.17, 15) is 4.79 Å². The van der Waals surface area contributed by atoms with E-state index in [0.717, 1.165) is 38.9 Å². The largest absolute Gasteiger partial charge is 0.466 e. The van der Waals surface area contributed by atoms with Crippen molar-refractivity contribution in [2.24, 2.45) is 5.92 Å². The minimum Gasteiger partial charge on any atom is -0.466 e. The predicted molar refractivity (Wildman–Crippen MR) is 72.5 cm³/mol. The van der Waals surface area contributed by atoms with Gasteiger partial charge in [0.1, 0.15) is 0 Å². The first-order chi connectivity index (χ1) is 8.79. The molecule has 0 aromatic heterocycles. The molecule has 0 aliphatic carbocycles. The molecule has 0 saturated carbocycles. The molecule has 0 N–H and O–H groups in total. The van der Waals surface area contributed by atoms with Gasteiger partial charge in [0.2, 0.25) is 0 Å². The SMILES string of the molecule is CC1CCOCCCCCCCCC(=O)OCC1. The van der Waals surface area contributed by atoms with Gasteiger partial charge in [-0.3, -0.25) is 4.79 Å². The van der Waals surface area contributed by atoms with Crippen LogP contribution in [0, 0.1) is 5.92 Å². The third kappa shape index (κ3) is 8.51. The lowest BCUT2D eigenvalue weighted by atomic mass is 10.1. The van der Waals surface area contributed by atoms with E-state index in [4.69, 9.17) is 9.47 Å². The van der Waals surface area contributed by atoms with E-state index in [1.165, 1.54) is 25.7 Å². The fourth-order valence-electron chi connectivity index (χ4n) is 2.16. The lowest BCUT2D eigenvalue weighted by Crippen LogP contribution is -2.10. The van der Waals surface area contributed by atoms with Crippen molar-refractivity contribution < 1.29 is 14.3 Å². The second-order valence-corrected chi connectivity index (χ2v) is 5.39. The Balaban J connectivity index is 2.20. The van der Waals surface area contributed by atoms with Gasteiger partial charge >= 0.3 is 5.97 Å². The standard InChI is InChI=1S/C15H28O3/c1-14-9-12-17-11-7-5-3-2-4-6-8-15(16)18-13-10-14/h14H,2-13H2,1H3. The van der Waals surface area contributed by atoms with Gasteiger partial charge < -0.3 is 9.47 Å². The summed E-state index contributed by atoms with van der Waals surface area (Å²) in [5, 5.41) is 0. The smallest absolute Gasteiger partial charge is 0.305 e. The molecule has 1 saturated heterocycles. The van der Waals surface area contributed by atoms with E-state index < -0.39 is 0 Å². The molecule has 0 spiro atoms. The molecule has 0 aromatic carbocycles. The van der Waals surface area contributed by atoms with Crippen molar-refractivity contribution in [3.8, 4) is 0 Å². The summed E-state index contributed by atoms with van der Waals surface area (Å²) in [5.74, 6) is 0.552. The van der Waals surface area contributed by atoms with Gasteiger partial charge in [-0.15, -0.1) is 0 Å².